The van der Waals surface area contributed by atoms with Crippen molar-refractivity contribution in [2.75, 3.05) is 53.0 Å². The van der Waals surface area contributed by atoms with Crippen LogP contribution in [-0.4, -0.2) is 74.6 Å². The average Bonchev–Trinajstić information content (AvgIpc) is 2.85. The molecule has 6 nitrogen and oxygen atoms in total. The van der Waals surface area contributed by atoms with Crippen molar-refractivity contribution in [2.45, 2.75) is 6.42 Å². The fourth-order valence-corrected chi connectivity index (χ4v) is 2.75. The van der Waals surface area contributed by atoms with Crippen molar-refractivity contribution in [2.24, 2.45) is 0 Å². The molecule has 1 heterocycles. The van der Waals surface area contributed by atoms with Crippen molar-refractivity contribution in [3.63, 3.8) is 0 Å². The number of nitrogens with zero attached hydrogens (tertiary/aromatic N) is 2. The molecule has 8 heteroatoms. The van der Waals surface area contributed by atoms with Gasteiger partial charge in [-0.15, -0.1) is 12.4 Å². The lowest BCUT2D eigenvalue weighted by molar-refractivity contribution is -0.130. The molecule has 1 fully saturated rings. The van der Waals surface area contributed by atoms with E-state index >= 15 is 0 Å². The predicted molar refractivity (Wildman–Crippen MR) is 101 cm³/mol. The van der Waals surface area contributed by atoms with Gasteiger partial charge in [0.2, 0.25) is 5.91 Å². The summed E-state index contributed by atoms with van der Waals surface area (Å²) in [4.78, 5) is 28.4. The summed E-state index contributed by atoms with van der Waals surface area (Å²) in [6.45, 7) is 3.97. The van der Waals surface area contributed by atoms with Gasteiger partial charge in [0.1, 0.15) is 0 Å². The van der Waals surface area contributed by atoms with Crippen LogP contribution in [0.5, 0.6) is 0 Å². The molecule has 0 unspecified atom stereocenters. The number of amides is 2. The number of halogens is 2. The summed E-state index contributed by atoms with van der Waals surface area (Å²) in [6.07, 6.45) is 0.781. The predicted octanol–water partition coefficient (Wildman–Crippen LogP) is 1.67. The van der Waals surface area contributed by atoms with E-state index in [1.807, 2.05) is 4.90 Å². The van der Waals surface area contributed by atoms with Gasteiger partial charge >= 0.3 is 0 Å². The zero-order valence-corrected chi connectivity index (χ0v) is 15.9. The highest BCUT2D eigenvalue weighted by Crippen LogP contribution is 2.13. The van der Waals surface area contributed by atoms with E-state index in [-0.39, 0.29) is 24.2 Å². The molecule has 25 heavy (non-hydrogen) atoms. The van der Waals surface area contributed by atoms with Crippen LogP contribution in [0.15, 0.2) is 24.3 Å². The van der Waals surface area contributed by atoms with Crippen LogP contribution in [-0.2, 0) is 9.53 Å². The van der Waals surface area contributed by atoms with Gasteiger partial charge in [-0.1, -0.05) is 11.6 Å². The van der Waals surface area contributed by atoms with Crippen LogP contribution in [0.25, 0.3) is 0 Å². The Bertz CT molecular complexity index is 555. The lowest BCUT2D eigenvalue weighted by Gasteiger charge is -2.22. The summed E-state index contributed by atoms with van der Waals surface area (Å²) in [6, 6.07) is 6.90. The lowest BCUT2D eigenvalue weighted by atomic mass is 10.2. The van der Waals surface area contributed by atoms with E-state index in [1.54, 1.807) is 36.3 Å². The van der Waals surface area contributed by atoms with Crippen LogP contribution in [0.4, 0.5) is 0 Å². The van der Waals surface area contributed by atoms with Gasteiger partial charge < -0.3 is 19.9 Å². The number of hydrogen-bond acceptors (Lipinski definition) is 4. The molecule has 1 aromatic carbocycles. The van der Waals surface area contributed by atoms with Crippen molar-refractivity contribution in [3.8, 4) is 0 Å². The van der Waals surface area contributed by atoms with E-state index < -0.39 is 0 Å². The normalized spacial score (nSPS) is 14.6. The number of carbonyl (C=O) groups is 2. The number of nitrogens with one attached hydrogen (secondary N) is 1. The van der Waals surface area contributed by atoms with Gasteiger partial charge in [-0.3, -0.25) is 9.59 Å². The Morgan fingerprint density at radius 1 is 1.12 bits per heavy atom. The zero-order valence-electron chi connectivity index (χ0n) is 14.4. The van der Waals surface area contributed by atoms with Crippen LogP contribution in [0.2, 0.25) is 5.02 Å². The van der Waals surface area contributed by atoms with Crippen LogP contribution >= 0.6 is 24.0 Å². The largest absolute Gasteiger partial charge is 0.383 e. The Labute approximate surface area is 159 Å². The van der Waals surface area contributed by atoms with E-state index in [0.29, 0.717) is 56.5 Å². The minimum Gasteiger partial charge on any atom is -0.383 e. The summed E-state index contributed by atoms with van der Waals surface area (Å²) < 4.78 is 4.94. The number of carbonyl (C=O) groups excluding carboxylic acids is 2. The molecular weight excluding hydrogens is 365 g/mol. The molecule has 0 radical (unpaired) electrons. The third-order valence-corrected chi connectivity index (χ3v) is 4.24. The van der Waals surface area contributed by atoms with Crippen molar-refractivity contribution in [1.82, 2.24) is 15.1 Å². The van der Waals surface area contributed by atoms with Gasteiger partial charge in [-0.25, -0.2) is 0 Å². The van der Waals surface area contributed by atoms with E-state index in [1.165, 1.54) is 0 Å². The quantitative estimate of drug-likeness (QED) is 0.751. The Balaban J connectivity index is 0.00000312. The molecule has 1 saturated heterocycles. The topological polar surface area (TPSA) is 61.9 Å². The molecule has 2 rings (SSSR count). The Morgan fingerprint density at radius 2 is 1.76 bits per heavy atom. The van der Waals surface area contributed by atoms with Crippen LogP contribution in [0.3, 0.4) is 0 Å². The first-order valence-electron chi connectivity index (χ1n) is 8.14. The molecule has 1 aliphatic heterocycles. The van der Waals surface area contributed by atoms with E-state index in [2.05, 4.69) is 5.32 Å². The Morgan fingerprint density at radius 3 is 2.44 bits per heavy atom. The van der Waals surface area contributed by atoms with Crippen LogP contribution < -0.4 is 5.32 Å². The molecule has 0 aromatic heterocycles. The Kier molecular flexibility index (Phi) is 9.82. The van der Waals surface area contributed by atoms with Gasteiger partial charge in [0.25, 0.3) is 5.91 Å². The zero-order chi connectivity index (χ0) is 17.4. The fourth-order valence-electron chi connectivity index (χ4n) is 2.63. The average molecular weight is 390 g/mol. The number of benzene rings is 1. The highest BCUT2D eigenvalue weighted by Gasteiger charge is 2.22. The lowest BCUT2D eigenvalue weighted by Crippen LogP contribution is -2.41. The second-order valence-corrected chi connectivity index (χ2v) is 6.14. The molecule has 2 amide bonds. The van der Waals surface area contributed by atoms with Crippen LogP contribution in [0, 0.1) is 0 Å². The highest BCUT2D eigenvalue weighted by atomic mass is 35.5. The molecule has 1 N–H and O–H groups in total. The second kappa shape index (κ2) is 11.3. The monoisotopic (exact) mass is 389 g/mol. The smallest absolute Gasteiger partial charge is 0.253 e. The highest BCUT2D eigenvalue weighted by molar-refractivity contribution is 6.30. The molecule has 0 spiro atoms. The molecular formula is C17H25Cl2N3O3. The van der Waals surface area contributed by atoms with Crippen molar-refractivity contribution < 1.29 is 14.3 Å². The third kappa shape index (κ3) is 6.82. The SMILES string of the molecule is COCCNCC(=O)N1CCCN(C(=O)c2ccc(Cl)cc2)CC1.Cl. The van der Waals surface area contributed by atoms with Crippen molar-refractivity contribution >= 4 is 35.8 Å². The summed E-state index contributed by atoms with van der Waals surface area (Å²) in [7, 11) is 1.63. The second-order valence-electron chi connectivity index (χ2n) is 5.70. The van der Waals surface area contributed by atoms with Crippen molar-refractivity contribution in [1.29, 1.82) is 0 Å². The summed E-state index contributed by atoms with van der Waals surface area (Å²) in [5.74, 6) is 0.0473. The fraction of sp³-hybridized carbons (Fsp3) is 0.529. The van der Waals surface area contributed by atoms with Crippen molar-refractivity contribution in [3.05, 3.63) is 34.9 Å². The van der Waals surface area contributed by atoms with Gasteiger partial charge in [0, 0.05) is 50.4 Å². The molecule has 0 bridgehead atoms. The van der Waals surface area contributed by atoms with Gasteiger partial charge in [0.05, 0.1) is 13.2 Å². The summed E-state index contributed by atoms with van der Waals surface area (Å²) >= 11 is 5.86. The molecule has 0 saturated carbocycles. The number of ether oxygens (including phenoxy) is 1. The first kappa shape index (κ1) is 21.7. The molecule has 0 atom stereocenters. The van der Waals surface area contributed by atoms with Crippen LogP contribution in [0.1, 0.15) is 16.8 Å². The van der Waals surface area contributed by atoms with Gasteiger partial charge in [-0.2, -0.15) is 0 Å². The molecule has 1 aliphatic rings. The maximum Gasteiger partial charge on any atom is 0.253 e. The van der Waals surface area contributed by atoms with Gasteiger partial charge in [0.15, 0.2) is 0 Å². The minimum absolute atomic E-state index is 0. The summed E-state index contributed by atoms with van der Waals surface area (Å²) in [5, 5.41) is 3.67. The minimum atomic E-state index is -0.0146. The van der Waals surface area contributed by atoms with E-state index in [4.69, 9.17) is 16.3 Å². The maximum absolute atomic E-state index is 12.5. The maximum atomic E-state index is 12.5. The molecule has 1 aromatic rings. The summed E-state index contributed by atoms with van der Waals surface area (Å²) in [5.41, 5.74) is 0.625. The first-order chi connectivity index (χ1) is 11.6. The molecule has 0 aliphatic carbocycles. The number of rotatable bonds is 6. The van der Waals surface area contributed by atoms with E-state index in [0.717, 1.165) is 6.42 Å². The third-order valence-electron chi connectivity index (χ3n) is 3.99. The Hall–Kier alpha value is -1.34. The van der Waals surface area contributed by atoms with Gasteiger partial charge in [-0.05, 0) is 30.7 Å². The number of hydrogen-bond donors (Lipinski definition) is 1. The standard InChI is InChI=1S/C17H24ClN3O3.ClH/c1-24-12-7-19-13-16(22)20-8-2-9-21(11-10-20)17(23)14-3-5-15(18)6-4-14;/h3-6,19H,2,7-13H2,1H3;1H. The molecule has 140 valence electrons. The van der Waals surface area contributed by atoms with E-state index in [9.17, 15) is 9.59 Å². The number of methoxy groups -OCH3 is 1. The first-order valence-corrected chi connectivity index (χ1v) is 8.52.